The van der Waals surface area contributed by atoms with E-state index in [2.05, 4.69) is 18.9 Å². The molecule has 0 amide bonds. The molecular weight excluding hydrogens is 278 g/mol. The number of aliphatic hydroxyl groups excluding tert-OH is 1. The number of esters is 1. The van der Waals surface area contributed by atoms with Gasteiger partial charge in [-0.05, 0) is 58.7 Å². The fourth-order valence-corrected chi connectivity index (χ4v) is 2.97. The van der Waals surface area contributed by atoms with Crippen LogP contribution in [0, 0.1) is 5.92 Å². The monoisotopic (exact) mass is 313 g/mol. The largest absolute Gasteiger partial charge is 0.465 e. The number of hydrogen-bond acceptors (Lipinski definition) is 4. The Hall–Kier alpha value is -0.610. The number of likely N-dealkylation sites (tertiary alicyclic amines) is 1. The van der Waals surface area contributed by atoms with Crippen LogP contribution in [0.25, 0.3) is 0 Å². The lowest BCUT2D eigenvalue weighted by atomic mass is 9.97. The number of piperidine rings is 1. The van der Waals surface area contributed by atoms with Crippen molar-refractivity contribution in [3.05, 3.63) is 0 Å². The molecule has 4 heteroatoms. The highest BCUT2D eigenvalue weighted by Gasteiger charge is 2.24. The lowest BCUT2D eigenvalue weighted by molar-refractivity contribution is -0.150. The summed E-state index contributed by atoms with van der Waals surface area (Å²) in [6.45, 7) is 4.69. The average Bonchev–Trinajstić information content (AvgIpc) is 2.51. The minimum atomic E-state index is -0.179. The molecule has 0 aromatic rings. The quantitative estimate of drug-likeness (QED) is 0.469. The molecular formula is C18H35NO3. The summed E-state index contributed by atoms with van der Waals surface area (Å²) in [4.78, 5) is 14.2. The second kappa shape index (κ2) is 11.9. The molecule has 22 heavy (non-hydrogen) atoms. The fraction of sp³-hybridized carbons (Fsp3) is 0.944. The molecule has 4 nitrogen and oxygen atoms in total. The number of ether oxygens (including phenoxy) is 1. The number of unbranched alkanes of at least 4 members (excludes halogenated alkanes) is 4. The average molecular weight is 313 g/mol. The van der Waals surface area contributed by atoms with Crippen LogP contribution in [-0.4, -0.2) is 48.8 Å². The Labute approximate surface area is 136 Å². The highest BCUT2D eigenvalue weighted by molar-refractivity contribution is 5.72. The van der Waals surface area contributed by atoms with Crippen LogP contribution in [-0.2, 0) is 9.53 Å². The summed E-state index contributed by atoms with van der Waals surface area (Å²) in [6.07, 6.45) is 10.1. The van der Waals surface area contributed by atoms with E-state index in [-0.39, 0.29) is 18.0 Å². The molecule has 0 radical (unpaired) electrons. The van der Waals surface area contributed by atoms with Gasteiger partial charge in [0.1, 0.15) is 0 Å². The number of carbonyl (C=O) groups excluding carboxylic acids is 1. The third-order valence-corrected chi connectivity index (χ3v) is 4.62. The first kappa shape index (κ1) is 19.4. The van der Waals surface area contributed by atoms with Gasteiger partial charge in [-0.1, -0.05) is 32.6 Å². The van der Waals surface area contributed by atoms with Gasteiger partial charge in [-0.15, -0.1) is 0 Å². The standard InChI is InChI=1S/C18H35NO3/c1-3-4-5-6-9-17(20)10-7-8-15-22-18(21)16-11-13-19(2)14-12-16/h16-17,20H,3-15H2,1-2H3. The Morgan fingerprint density at radius 2 is 1.77 bits per heavy atom. The van der Waals surface area contributed by atoms with Crippen molar-refractivity contribution in [2.75, 3.05) is 26.7 Å². The first-order chi connectivity index (χ1) is 10.6. The van der Waals surface area contributed by atoms with Gasteiger partial charge in [-0.25, -0.2) is 0 Å². The minimum Gasteiger partial charge on any atom is -0.465 e. The zero-order valence-corrected chi connectivity index (χ0v) is 14.6. The van der Waals surface area contributed by atoms with Crippen molar-refractivity contribution < 1.29 is 14.6 Å². The van der Waals surface area contributed by atoms with E-state index >= 15 is 0 Å². The maximum Gasteiger partial charge on any atom is 0.309 e. The van der Waals surface area contributed by atoms with Gasteiger partial charge >= 0.3 is 5.97 Å². The Morgan fingerprint density at radius 3 is 2.41 bits per heavy atom. The molecule has 0 spiro atoms. The molecule has 0 aromatic carbocycles. The summed E-state index contributed by atoms with van der Waals surface area (Å²) < 4.78 is 5.37. The van der Waals surface area contributed by atoms with Crippen LogP contribution >= 0.6 is 0 Å². The van der Waals surface area contributed by atoms with Crippen LogP contribution in [0.5, 0.6) is 0 Å². The summed E-state index contributed by atoms with van der Waals surface area (Å²) in [6, 6.07) is 0. The zero-order valence-electron chi connectivity index (χ0n) is 14.6. The normalized spacial score (nSPS) is 18.3. The molecule has 1 atom stereocenters. The number of hydrogen-bond donors (Lipinski definition) is 1. The van der Waals surface area contributed by atoms with Gasteiger partial charge in [0, 0.05) is 0 Å². The van der Waals surface area contributed by atoms with Crippen LogP contribution in [0.4, 0.5) is 0 Å². The predicted molar refractivity (Wildman–Crippen MR) is 89.8 cm³/mol. The van der Waals surface area contributed by atoms with Gasteiger partial charge in [-0.3, -0.25) is 4.79 Å². The highest BCUT2D eigenvalue weighted by atomic mass is 16.5. The van der Waals surface area contributed by atoms with Crippen LogP contribution in [0.1, 0.15) is 71.1 Å². The molecule has 1 heterocycles. The van der Waals surface area contributed by atoms with Crippen LogP contribution in [0.15, 0.2) is 0 Å². The minimum absolute atomic E-state index is 0.0202. The summed E-state index contributed by atoms with van der Waals surface area (Å²) in [7, 11) is 2.09. The summed E-state index contributed by atoms with van der Waals surface area (Å²) in [5.41, 5.74) is 0. The second-order valence-corrected chi connectivity index (χ2v) is 6.74. The van der Waals surface area contributed by atoms with E-state index in [1.807, 2.05) is 0 Å². The predicted octanol–water partition coefficient (Wildman–Crippen LogP) is 3.37. The molecule has 130 valence electrons. The van der Waals surface area contributed by atoms with Gasteiger partial charge in [0.25, 0.3) is 0 Å². The zero-order chi connectivity index (χ0) is 16.2. The number of nitrogens with zero attached hydrogens (tertiary/aromatic N) is 1. The molecule has 0 bridgehead atoms. The van der Waals surface area contributed by atoms with Gasteiger partial charge in [0.2, 0.25) is 0 Å². The van der Waals surface area contributed by atoms with Gasteiger partial charge in [0.05, 0.1) is 18.6 Å². The van der Waals surface area contributed by atoms with E-state index in [4.69, 9.17) is 4.74 Å². The molecule has 1 saturated heterocycles. The number of carbonyl (C=O) groups is 1. The van der Waals surface area contributed by atoms with Crippen molar-refractivity contribution >= 4 is 5.97 Å². The first-order valence-electron chi connectivity index (χ1n) is 9.16. The van der Waals surface area contributed by atoms with Gasteiger partial charge in [0.15, 0.2) is 0 Å². The molecule has 1 aliphatic rings. The maximum atomic E-state index is 11.9. The molecule has 1 fully saturated rings. The van der Waals surface area contributed by atoms with Crippen molar-refractivity contribution in [3.63, 3.8) is 0 Å². The summed E-state index contributed by atoms with van der Waals surface area (Å²) in [5, 5.41) is 9.87. The lowest BCUT2D eigenvalue weighted by Crippen LogP contribution is -2.34. The van der Waals surface area contributed by atoms with Crippen molar-refractivity contribution in [2.45, 2.75) is 77.2 Å². The van der Waals surface area contributed by atoms with E-state index in [9.17, 15) is 9.90 Å². The first-order valence-corrected chi connectivity index (χ1v) is 9.16. The molecule has 0 aliphatic carbocycles. The molecule has 1 aliphatic heterocycles. The molecule has 0 aromatic heterocycles. The van der Waals surface area contributed by atoms with E-state index in [1.54, 1.807) is 0 Å². The Kier molecular flexibility index (Phi) is 10.5. The highest BCUT2D eigenvalue weighted by Crippen LogP contribution is 2.17. The maximum absolute atomic E-state index is 11.9. The number of aliphatic hydroxyl groups is 1. The second-order valence-electron chi connectivity index (χ2n) is 6.74. The summed E-state index contributed by atoms with van der Waals surface area (Å²) >= 11 is 0. The van der Waals surface area contributed by atoms with Crippen molar-refractivity contribution in [1.29, 1.82) is 0 Å². The fourth-order valence-electron chi connectivity index (χ4n) is 2.97. The lowest BCUT2D eigenvalue weighted by Gasteiger charge is -2.27. The Bertz CT molecular complexity index is 288. The smallest absolute Gasteiger partial charge is 0.309 e. The van der Waals surface area contributed by atoms with Crippen molar-refractivity contribution in [2.24, 2.45) is 5.92 Å². The number of rotatable bonds is 11. The molecule has 0 saturated carbocycles. The van der Waals surface area contributed by atoms with Crippen molar-refractivity contribution in [1.82, 2.24) is 4.90 Å². The van der Waals surface area contributed by atoms with Crippen LogP contribution < -0.4 is 0 Å². The van der Waals surface area contributed by atoms with Crippen LogP contribution in [0.3, 0.4) is 0 Å². The van der Waals surface area contributed by atoms with Crippen LogP contribution in [0.2, 0.25) is 0 Å². The van der Waals surface area contributed by atoms with E-state index < -0.39 is 0 Å². The Morgan fingerprint density at radius 1 is 1.14 bits per heavy atom. The van der Waals surface area contributed by atoms with E-state index in [0.29, 0.717) is 6.61 Å². The Balaban J connectivity index is 1.95. The molecule has 1 N–H and O–H groups in total. The molecule has 1 rings (SSSR count). The van der Waals surface area contributed by atoms with Crippen molar-refractivity contribution in [3.8, 4) is 0 Å². The third kappa shape index (κ3) is 8.74. The molecule has 1 unspecified atom stereocenters. The van der Waals surface area contributed by atoms with Gasteiger partial charge in [-0.2, -0.15) is 0 Å². The van der Waals surface area contributed by atoms with E-state index in [0.717, 1.165) is 58.0 Å². The van der Waals surface area contributed by atoms with Gasteiger partial charge < -0.3 is 14.7 Å². The SMILES string of the molecule is CCCCCCC(O)CCCCOC(=O)C1CCN(C)CC1. The van der Waals surface area contributed by atoms with E-state index in [1.165, 1.54) is 19.3 Å². The summed E-state index contributed by atoms with van der Waals surface area (Å²) in [5.74, 6) is 0.0774. The topological polar surface area (TPSA) is 49.8 Å². The third-order valence-electron chi connectivity index (χ3n) is 4.62.